The second kappa shape index (κ2) is 8.54. The van der Waals surface area contributed by atoms with Crippen molar-refractivity contribution in [3.05, 3.63) is 71.9 Å². The quantitative estimate of drug-likeness (QED) is 0.653. The fourth-order valence-electron chi connectivity index (χ4n) is 3.13. The molecule has 0 fully saturated rings. The molecule has 140 valence electrons. The number of nitrogens with zero attached hydrogens (tertiary/aromatic N) is 1. The highest BCUT2D eigenvalue weighted by atomic mass is 16.5. The normalized spacial score (nSPS) is 11.9. The zero-order valence-electron chi connectivity index (χ0n) is 15.6. The lowest BCUT2D eigenvalue weighted by atomic mass is 10.1. The number of benzene rings is 2. The number of amides is 1. The maximum atomic E-state index is 12.4. The molecule has 0 aliphatic rings. The number of aromatic nitrogens is 1. The topological polar surface area (TPSA) is 60.3 Å². The summed E-state index contributed by atoms with van der Waals surface area (Å²) < 4.78 is 7.08. The van der Waals surface area contributed by atoms with E-state index in [-0.39, 0.29) is 18.6 Å². The first-order chi connectivity index (χ1) is 13.0. The van der Waals surface area contributed by atoms with Gasteiger partial charge in [0, 0.05) is 30.2 Å². The lowest BCUT2D eigenvalue weighted by molar-refractivity contribution is -0.124. The summed E-state index contributed by atoms with van der Waals surface area (Å²) in [5.41, 5.74) is 2.66. The highest BCUT2D eigenvalue weighted by Gasteiger charge is 2.17. The molecule has 0 spiro atoms. The molecule has 1 atom stereocenters. The predicted molar refractivity (Wildman–Crippen MR) is 106 cm³/mol. The fourth-order valence-corrected chi connectivity index (χ4v) is 3.13. The number of para-hydroxylation sites is 1. The van der Waals surface area contributed by atoms with E-state index in [0.29, 0.717) is 5.56 Å². The molecule has 27 heavy (non-hydrogen) atoms. The van der Waals surface area contributed by atoms with Crippen LogP contribution in [-0.4, -0.2) is 29.1 Å². The summed E-state index contributed by atoms with van der Waals surface area (Å²) in [4.78, 5) is 24.4. The van der Waals surface area contributed by atoms with Gasteiger partial charge in [0.2, 0.25) is 0 Å². The van der Waals surface area contributed by atoms with Crippen LogP contribution in [0.2, 0.25) is 0 Å². The van der Waals surface area contributed by atoms with Gasteiger partial charge in [-0.15, -0.1) is 0 Å². The van der Waals surface area contributed by atoms with Crippen LogP contribution in [0.15, 0.2) is 60.8 Å². The van der Waals surface area contributed by atoms with Crippen LogP contribution >= 0.6 is 0 Å². The van der Waals surface area contributed by atoms with Crippen molar-refractivity contribution in [3.63, 3.8) is 0 Å². The second-order valence-electron chi connectivity index (χ2n) is 6.74. The third-order valence-corrected chi connectivity index (χ3v) is 4.57. The highest BCUT2D eigenvalue weighted by Crippen LogP contribution is 2.20. The molecule has 1 heterocycles. The molecular weight excluding hydrogens is 340 g/mol. The number of nitrogens with one attached hydrogen (secondary N) is 1. The number of carbonyl (C=O) groups is 2. The van der Waals surface area contributed by atoms with E-state index in [0.717, 1.165) is 23.7 Å². The molecule has 0 bridgehead atoms. The lowest BCUT2D eigenvalue weighted by Gasteiger charge is -2.14. The van der Waals surface area contributed by atoms with Crippen molar-refractivity contribution in [1.29, 1.82) is 0 Å². The SMILES string of the molecule is C[C@@H](CCc1ccccc1)NC(=O)COC(=O)c1cn(C)c2ccccc12. The summed E-state index contributed by atoms with van der Waals surface area (Å²) in [5.74, 6) is -0.775. The van der Waals surface area contributed by atoms with Gasteiger partial charge < -0.3 is 14.6 Å². The number of ether oxygens (including phenoxy) is 1. The maximum Gasteiger partial charge on any atom is 0.340 e. The zero-order chi connectivity index (χ0) is 19.2. The molecule has 0 saturated heterocycles. The number of carbonyl (C=O) groups excluding carboxylic acids is 2. The molecule has 0 radical (unpaired) electrons. The number of rotatable bonds is 7. The summed E-state index contributed by atoms with van der Waals surface area (Å²) in [6.45, 7) is 1.67. The molecule has 3 rings (SSSR count). The van der Waals surface area contributed by atoms with Crippen molar-refractivity contribution >= 4 is 22.8 Å². The smallest absolute Gasteiger partial charge is 0.340 e. The van der Waals surface area contributed by atoms with E-state index in [1.165, 1.54) is 5.56 Å². The summed E-state index contributed by atoms with van der Waals surface area (Å²) in [5, 5.41) is 3.70. The van der Waals surface area contributed by atoms with Gasteiger partial charge in [-0.25, -0.2) is 4.79 Å². The van der Waals surface area contributed by atoms with Crippen molar-refractivity contribution in [3.8, 4) is 0 Å². The second-order valence-corrected chi connectivity index (χ2v) is 6.74. The molecule has 1 N–H and O–H groups in total. The van der Waals surface area contributed by atoms with Crippen molar-refractivity contribution in [2.24, 2.45) is 7.05 Å². The van der Waals surface area contributed by atoms with Crippen LogP contribution in [0.1, 0.15) is 29.3 Å². The Morgan fingerprint density at radius 1 is 1.07 bits per heavy atom. The zero-order valence-corrected chi connectivity index (χ0v) is 15.6. The van der Waals surface area contributed by atoms with E-state index in [9.17, 15) is 9.59 Å². The summed E-state index contributed by atoms with van der Waals surface area (Å²) >= 11 is 0. The fraction of sp³-hybridized carbons (Fsp3) is 0.273. The van der Waals surface area contributed by atoms with Gasteiger partial charge in [0.05, 0.1) is 5.56 Å². The largest absolute Gasteiger partial charge is 0.452 e. The van der Waals surface area contributed by atoms with Gasteiger partial charge in [0.25, 0.3) is 5.91 Å². The first kappa shape index (κ1) is 18.7. The van der Waals surface area contributed by atoms with Gasteiger partial charge in [-0.3, -0.25) is 4.79 Å². The van der Waals surface area contributed by atoms with Gasteiger partial charge in [-0.1, -0.05) is 48.5 Å². The number of fused-ring (bicyclic) bond motifs is 1. The Bertz CT molecular complexity index is 931. The van der Waals surface area contributed by atoms with Crippen molar-refractivity contribution in [1.82, 2.24) is 9.88 Å². The lowest BCUT2D eigenvalue weighted by Crippen LogP contribution is -2.36. The molecule has 5 heteroatoms. The highest BCUT2D eigenvalue weighted by molar-refractivity contribution is 6.04. The van der Waals surface area contributed by atoms with Gasteiger partial charge in [0.15, 0.2) is 6.61 Å². The van der Waals surface area contributed by atoms with Crippen LogP contribution in [0.4, 0.5) is 0 Å². The van der Waals surface area contributed by atoms with E-state index in [2.05, 4.69) is 17.4 Å². The first-order valence-corrected chi connectivity index (χ1v) is 9.09. The average molecular weight is 364 g/mol. The minimum atomic E-state index is -0.487. The molecule has 2 aromatic carbocycles. The van der Waals surface area contributed by atoms with Gasteiger partial charge >= 0.3 is 5.97 Å². The van der Waals surface area contributed by atoms with Gasteiger partial charge in [-0.05, 0) is 31.4 Å². The summed E-state index contributed by atoms with van der Waals surface area (Å²) in [7, 11) is 1.88. The van der Waals surface area contributed by atoms with Crippen LogP contribution < -0.4 is 5.32 Å². The third kappa shape index (κ3) is 4.76. The van der Waals surface area contributed by atoms with Crippen LogP contribution in [0, 0.1) is 0 Å². The Balaban J connectivity index is 1.49. The van der Waals surface area contributed by atoms with Crippen molar-refractivity contribution in [2.75, 3.05) is 6.61 Å². The predicted octanol–water partition coefficient (Wildman–Crippen LogP) is 3.47. The van der Waals surface area contributed by atoms with Gasteiger partial charge in [-0.2, -0.15) is 0 Å². The Morgan fingerprint density at radius 3 is 2.56 bits per heavy atom. The monoisotopic (exact) mass is 364 g/mol. The Hall–Kier alpha value is -3.08. The van der Waals surface area contributed by atoms with Crippen molar-refractivity contribution < 1.29 is 14.3 Å². The van der Waals surface area contributed by atoms with E-state index in [1.807, 2.05) is 61.0 Å². The maximum absolute atomic E-state index is 12.4. The molecule has 3 aromatic rings. The molecule has 0 saturated carbocycles. The molecule has 0 aliphatic heterocycles. The van der Waals surface area contributed by atoms with E-state index in [1.54, 1.807) is 6.20 Å². The molecule has 1 amide bonds. The third-order valence-electron chi connectivity index (χ3n) is 4.57. The molecular formula is C22H24N2O3. The number of aryl methyl sites for hydroxylation is 2. The van der Waals surface area contributed by atoms with Crippen molar-refractivity contribution in [2.45, 2.75) is 25.8 Å². The molecule has 5 nitrogen and oxygen atoms in total. The molecule has 0 aliphatic carbocycles. The molecule has 1 aromatic heterocycles. The van der Waals surface area contributed by atoms with Crippen LogP contribution in [-0.2, 0) is 23.0 Å². The number of esters is 1. The van der Waals surface area contributed by atoms with E-state index < -0.39 is 5.97 Å². The average Bonchev–Trinajstić information content (AvgIpc) is 3.02. The Labute approximate surface area is 158 Å². The summed E-state index contributed by atoms with van der Waals surface area (Å²) in [6, 6.07) is 17.7. The first-order valence-electron chi connectivity index (χ1n) is 9.09. The number of hydrogen-bond donors (Lipinski definition) is 1. The Morgan fingerprint density at radius 2 is 1.78 bits per heavy atom. The van der Waals surface area contributed by atoms with Crippen LogP contribution in [0.25, 0.3) is 10.9 Å². The standard InChI is InChI=1S/C22H24N2O3/c1-16(12-13-17-8-4-3-5-9-17)23-21(25)15-27-22(26)19-14-24(2)20-11-7-6-10-18(19)20/h3-11,14,16H,12-13,15H2,1-2H3,(H,23,25)/t16-/m0/s1. The molecule has 0 unspecified atom stereocenters. The Kier molecular flexibility index (Phi) is 5.91. The minimum absolute atomic E-state index is 0.00830. The minimum Gasteiger partial charge on any atom is -0.452 e. The van der Waals surface area contributed by atoms with Crippen LogP contribution in [0.5, 0.6) is 0 Å². The summed E-state index contributed by atoms with van der Waals surface area (Å²) in [6.07, 6.45) is 3.44. The van der Waals surface area contributed by atoms with Gasteiger partial charge in [0.1, 0.15) is 0 Å². The van der Waals surface area contributed by atoms with Crippen LogP contribution in [0.3, 0.4) is 0 Å². The van der Waals surface area contributed by atoms with E-state index in [4.69, 9.17) is 4.74 Å². The van der Waals surface area contributed by atoms with E-state index >= 15 is 0 Å². The number of hydrogen-bond acceptors (Lipinski definition) is 3.